The lowest BCUT2D eigenvalue weighted by molar-refractivity contribution is 0.0946. The molecule has 5 rings (SSSR count). The van der Waals surface area contributed by atoms with Gasteiger partial charge in [0.25, 0.3) is 5.91 Å². The second-order valence-corrected chi connectivity index (χ2v) is 10.3. The summed E-state index contributed by atoms with van der Waals surface area (Å²) in [6, 6.07) is 22.0. The highest BCUT2D eigenvalue weighted by Crippen LogP contribution is 2.28. The molecule has 0 saturated carbocycles. The summed E-state index contributed by atoms with van der Waals surface area (Å²) < 4.78 is 15.5. The van der Waals surface area contributed by atoms with Crippen LogP contribution in [0.2, 0.25) is 5.02 Å². The number of carbonyl (C=O) groups excluding carboxylic acids is 1. The molecule has 1 amide bonds. The van der Waals surface area contributed by atoms with Crippen LogP contribution in [0, 0.1) is 19.7 Å². The van der Waals surface area contributed by atoms with Gasteiger partial charge in [0.2, 0.25) is 0 Å². The first-order valence-electron chi connectivity index (χ1n) is 13.3. The molecule has 1 fully saturated rings. The van der Waals surface area contributed by atoms with Gasteiger partial charge in [-0.05, 0) is 68.8 Å². The molecule has 0 spiro atoms. The minimum Gasteiger partial charge on any atom is -0.369 e. The number of anilines is 1. The van der Waals surface area contributed by atoms with Crippen molar-refractivity contribution in [3.63, 3.8) is 0 Å². The largest absolute Gasteiger partial charge is 0.369 e. The molecule has 2 heterocycles. The van der Waals surface area contributed by atoms with Crippen molar-refractivity contribution < 1.29 is 9.18 Å². The number of hydrogen-bond acceptors (Lipinski definition) is 4. The zero-order valence-corrected chi connectivity index (χ0v) is 26.8. The molecule has 1 saturated heterocycles. The van der Waals surface area contributed by atoms with E-state index in [0.717, 1.165) is 61.0 Å². The zero-order valence-electron chi connectivity index (χ0n) is 23.6. The van der Waals surface area contributed by atoms with E-state index in [1.54, 1.807) is 12.1 Å². The molecule has 0 atom stereocenters. The van der Waals surface area contributed by atoms with E-state index >= 15 is 0 Å². The van der Waals surface area contributed by atoms with Gasteiger partial charge in [0.05, 0.1) is 5.69 Å². The normalized spacial score (nSPS) is 13.0. The maximum absolute atomic E-state index is 13.6. The third kappa shape index (κ3) is 7.97. The van der Waals surface area contributed by atoms with Crippen LogP contribution in [0.5, 0.6) is 0 Å². The summed E-state index contributed by atoms with van der Waals surface area (Å²) in [5.41, 5.74) is 5.07. The Morgan fingerprint density at radius 1 is 0.905 bits per heavy atom. The number of nitrogens with one attached hydrogen (secondary N) is 1. The Hall–Kier alpha value is -2.81. The molecule has 4 aromatic rings. The van der Waals surface area contributed by atoms with Crippen LogP contribution in [0.3, 0.4) is 0 Å². The van der Waals surface area contributed by atoms with Crippen LogP contribution < -0.4 is 10.2 Å². The standard InChI is InChI=1S/C31H33ClFN5O.3ClH/c1-22-27(32)10-6-11-28(22)37-20-18-36(19-21-37)17-7-16-34-31(39)29-23(2)38(26-14-12-25(33)13-15-26)30(35-29)24-8-4-3-5-9-24;;;/h3-6,8-15H,7,16-21H2,1-2H3,(H,34,39);3*1H. The Balaban J connectivity index is 0.00000205. The van der Waals surface area contributed by atoms with Gasteiger partial charge in [0, 0.05) is 54.7 Å². The maximum atomic E-state index is 13.6. The molecular formula is C31H36Cl4FN5O. The predicted octanol–water partition coefficient (Wildman–Crippen LogP) is 7.16. The Bertz CT molecular complexity index is 1440. The van der Waals surface area contributed by atoms with E-state index in [-0.39, 0.29) is 48.9 Å². The molecule has 0 unspecified atom stereocenters. The topological polar surface area (TPSA) is 53.4 Å². The molecule has 3 aromatic carbocycles. The highest BCUT2D eigenvalue weighted by molar-refractivity contribution is 6.31. The van der Waals surface area contributed by atoms with E-state index in [1.807, 2.05) is 54.0 Å². The number of aromatic nitrogens is 2. The molecular weight excluding hydrogens is 619 g/mol. The number of benzene rings is 3. The summed E-state index contributed by atoms with van der Waals surface area (Å²) in [5.74, 6) is 0.140. The number of rotatable bonds is 8. The van der Waals surface area contributed by atoms with Gasteiger partial charge in [-0.1, -0.05) is 48.0 Å². The van der Waals surface area contributed by atoms with Crippen molar-refractivity contribution in [2.45, 2.75) is 20.3 Å². The Labute approximate surface area is 270 Å². The number of amides is 1. The van der Waals surface area contributed by atoms with Crippen LogP contribution in [-0.2, 0) is 0 Å². The SMILES string of the molecule is Cc1c(Cl)cccc1N1CCN(CCCNC(=O)c2nc(-c3ccccc3)n(-c3ccc(F)cc3)c2C)CC1.Cl.Cl.Cl. The number of halogens is 5. The average Bonchev–Trinajstić information content (AvgIpc) is 3.31. The minimum atomic E-state index is -0.309. The van der Waals surface area contributed by atoms with Gasteiger partial charge < -0.3 is 10.2 Å². The van der Waals surface area contributed by atoms with Gasteiger partial charge in [0.15, 0.2) is 0 Å². The quantitative estimate of drug-likeness (QED) is 0.205. The number of imidazole rings is 1. The molecule has 1 aromatic heterocycles. The predicted molar refractivity (Wildman–Crippen MR) is 177 cm³/mol. The van der Waals surface area contributed by atoms with Crippen LogP contribution in [0.15, 0.2) is 72.8 Å². The van der Waals surface area contributed by atoms with Crippen molar-refractivity contribution in [2.75, 3.05) is 44.2 Å². The van der Waals surface area contributed by atoms with Crippen LogP contribution in [0.25, 0.3) is 17.1 Å². The van der Waals surface area contributed by atoms with E-state index in [4.69, 9.17) is 16.6 Å². The fourth-order valence-corrected chi connectivity index (χ4v) is 5.31. The molecule has 11 heteroatoms. The van der Waals surface area contributed by atoms with Crippen LogP contribution in [0.1, 0.15) is 28.2 Å². The summed E-state index contributed by atoms with van der Waals surface area (Å²) in [5, 5.41) is 3.86. The Morgan fingerprint density at radius 2 is 1.57 bits per heavy atom. The third-order valence-electron chi connectivity index (χ3n) is 7.33. The lowest BCUT2D eigenvalue weighted by Crippen LogP contribution is -2.47. The molecule has 0 bridgehead atoms. The lowest BCUT2D eigenvalue weighted by Gasteiger charge is -2.37. The number of piperazine rings is 1. The van der Waals surface area contributed by atoms with Crippen LogP contribution >= 0.6 is 48.8 Å². The Kier molecular flexibility index (Phi) is 13.6. The van der Waals surface area contributed by atoms with Crippen LogP contribution in [0.4, 0.5) is 10.1 Å². The first-order valence-corrected chi connectivity index (χ1v) is 13.7. The second kappa shape index (κ2) is 16.1. The van der Waals surface area contributed by atoms with E-state index in [9.17, 15) is 9.18 Å². The second-order valence-electron chi connectivity index (χ2n) is 9.87. The summed E-state index contributed by atoms with van der Waals surface area (Å²) in [7, 11) is 0. The fourth-order valence-electron chi connectivity index (χ4n) is 5.14. The average molecular weight is 655 g/mol. The monoisotopic (exact) mass is 653 g/mol. The molecule has 6 nitrogen and oxygen atoms in total. The smallest absolute Gasteiger partial charge is 0.271 e. The highest BCUT2D eigenvalue weighted by atomic mass is 35.5. The van der Waals surface area contributed by atoms with Gasteiger partial charge in [0.1, 0.15) is 17.3 Å². The van der Waals surface area contributed by atoms with E-state index in [2.05, 4.69) is 28.1 Å². The van der Waals surface area contributed by atoms with Crippen molar-refractivity contribution in [3.05, 3.63) is 101 Å². The fraction of sp³-hybridized carbons (Fsp3) is 0.290. The molecule has 1 N–H and O–H groups in total. The van der Waals surface area contributed by atoms with Crippen LogP contribution in [-0.4, -0.2) is 59.6 Å². The summed E-state index contributed by atoms with van der Waals surface area (Å²) in [6.45, 7) is 9.28. The highest BCUT2D eigenvalue weighted by Gasteiger charge is 2.22. The van der Waals surface area contributed by atoms with Gasteiger partial charge in [-0.25, -0.2) is 9.37 Å². The molecule has 42 heavy (non-hydrogen) atoms. The van der Waals surface area contributed by atoms with Crippen molar-refractivity contribution >= 4 is 60.4 Å². The molecule has 1 aliphatic rings. The van der Waals surface area contributed by atoms with E-state index in [0.29, 0.717) is 23.8 Å². The van der Waals surface area contributed by atoms with E-state index < -0.39 is 0 Å². The number of hydrogen-bond donors (Lipinski definition) is 1. The van der Waals surface area contributed by atoms with Crippen molar-refractivity contribution in [2.24, 2.45) is 0 Å². The molecule has 226 valence electrons. The molecule has 0 aliphatic carbocycles. The van der Waals surface area contributed by atoms with Gasteiger partial charge in [-0.15, -0.1) is 37.2 Å². The molecule has 0 radical (unpaired) electrons. The van der Waals surface area contributed by atoms with Crippen molar-refractivity contribution in [1.29, 1.82) is 0 Å². The molecule has 1 aliphatic heterocycles. The minimum absolute atomic E-state index is 0. The Morgan fingerprint density at radius 3 is 2.24 bits per heavy atom. The summed E-state index contributed by atoms with van der Waals surface area (Å²) in [4.78, 5) is 22.7. The maximum Gasteiger partial charge on any atom is 0.271 e. The first kappa shape index (κ1) is 35.4. The summed E-state index contributed by atoms with van der Waals surface area (Å²) >= 11 is 6.31. The third-order valence-corrected chi connectivity index (χ3v) is 7.74. The van der Waals surface area contributed by atoms with E-state index in [1.165, 1.54) is 17.8 Å². The number of carbonyl (C=O) groups is 1. The zero-order chi connectivity index (χ0) is 27.4. The van der Waals surface area contributed by atoms with Gasteiger partial charge in [-0.3, -0.25) is 14.3 Å². The van der Waals surface area contributed by atoms with Gasteiger partial charge >= 0.3 is 0 Å². The van der Waals surface area contributed by atoms with Crippen molar-refractivity contribution in [1.82, 2.24) is 19.8 Å². The first-order chi connectivity index (χ1) is 18.9. The summed E-state index contributed by atoms with van der Waals surface area (Å²) in [6.07, 6.45) is 0.852. The van der Waals surface area contributed by atoms with Gasteiger partial charge in [-0.2, -0.15) is 0 Å². The van der Waals surface area contributed by atoms with Crippen molar-refractivity contribution in [3.8, 4) is 17.1 Å². The lowest BCUT2D eigenvalue weighted by atomic mass is 10.1. The number of nitrogens with zero attached hydrogens (tertiary/aromatic N) is 4.